The lowest BCUT2D eigenvalue weighted by molar-refractivity contribution is -0.105. The van der Waals surface area contributed by atoms with Crippen LogP contribution in [0.25, 0.3) is 0 Å². The maximum Gasteiger partial charge on any atom is 0.166 e. The third-order valence-electron chi connectivity index (χ3n) is 3.93. The zero-order valence-electron chi connectivity index (χ0n) is 14.1. The fourth-order valence-electron chi connectivity index (χ4n) is 2.27. The average molecular weight is 330 g/mol. The number of nitrogens with zero attached hydrogens (tertiary/aromatic N) is 3. The number of carbonyl (C=O) groups excluding carboxylic acids is 1. The van der Waals surface area contributed by atoms with Crippen LogP contribution in [0, 0.1) is 5.82 Å². The molecule has 1 aliphatic carbocycles. The molecule has 0 spiro atoms. The number of halogens is 1. The number of benzene rings is 1. The maximum atomic E-state index is 13.7. The van der Waals surface area contributed by atoms with Gasteiger partial charge in [-0.3, -0.25) is 14.8 Å². The quantitative estimate of drug-likeness (QED) is 0.345. The van der Waals surface area contributed by atoms with Gasteiger partial charge in [0.2, 0.25) is 0 Å². The van der Waals surface area contributed by atoms with E-state index in [0.29, 0.717) is 35.6 Å². The van der Waals surface area contributed by atoms with Crippen LogP contribution in [0.4, 0.5) is 4.39 Å². The molecule has 0 heterocycles. The summed E-state index contributed by atoms with van der Waals surface area (Å²) in [5, 5.41) is 6.22. The van der Waals surface area contributed by atoms with Crippen molar-refractivity contribution in [2.75, 3.05) is 7.05 Å². The first-order chi connectivity index (χ1) is 11.6. The molecular formula is C18H23FN4O. The summed E-state index contributed by atoms with van der Waals surface area (Å²) >= 11 is 0. The summed E-state index contributed by atoms with van der Waals surface area (Å²) in [6.45, 7) is 2.11. The zero-order chi connectivity index (χ0) is 17.5. The second-order valence-corrected chi connectivity index (χ2v) is 5.74. The van der Waals surface area contributed by atoms with Gasteiger partial charge in [-0.15, -0.1) is 0 Å². The largest absolute Gasteiger partial charge is 0.395 e. The van der Waals surface area contributed by atoms with Crippen molar-refractivity contribution in [2.24, 2.45) is 15.8 Å². The van der Waals surface area contributed by atoms with Gasteiger partial charge in [0.15, 0.2) is 6.29 Å². The van der Waals surface area contributed by atoms with Gasteiger partial charge in [0.1, 0.15) is 5.82 Å². The monoisotopic (exact) mass is 330 g/mol. The molecule has 0 saturated heterocycles. The highest BCUT2D eigenvalue weighted by Crippen LogP contribution is 2.25. The molecular weight excluding hydrogens is 307 g/mol. The van der Waals surface area contributed by atoms with Gasteiger partial charge >= 0.3 is 0 Å². The third kappa shape index (κ3) is 4.75. The Bertz CT molecular complexity index is 677. The molecule has 0 atom stereocenters. The van der Waals surface area contributed by atoms with Crippen LogP contribution in [0.2, 0.25) is 0 Å². The Morgan fingerprint density at radius 3 is 2.71 bits per heavy atom. The van der Waals surface area contributed by atoms with Gasteiger partial charge in [-0.1, -0.05) is 25.1 Å². The molecule has 1 saturated carbocycles. The molecule has 6 heteroatoms. The summed E-state index contributed by atoms with van der Waals surface area (Å²) in [4.78, 5) is 15.6. The third-order valence-corrected chi connectivity index (χ3v) is 3.93. The van der Waals surface area contributed by atoms with Crippen molar-refractivity contribution in [3.63, 3.8) is 0 Å². The van der Waals surface area contributed by atoms with Crippen LogP contribution in [-0.2, 0) is 11.3 Å². The van der Waals surface area contributed by atoms with E-state index in [-0.39, 0.29) is 18.1 Å². The first-order valence-corrected chi connectivity index (χ1v) is 8.05. The predicted octanol–water partition coefficient (Wildman–Crippen LogP) is 2.67. The Morgan fingerprint density at radius 2 is 2.12 bits per heavy atom. The number of aldehydes is 1. The lowest BCUT2D eigenvalue weighted by Gasteiger charge is -2.12. The normalized spacial score (nSPS) is 16.2. The van der Waals surface area contributed by atoms with Crippen LogP contribution in [-0.4, -0.2) is 36.3 Å². The second-order valence-electron chi connectivity index (χ2n) is 5.74. The molecule has 0 aliphatic heterocycles. The van der Waals surface area contributed by atoms with Gasteiger partial charge in [-0.25, -0.2) is 4.39 Å². The first kappa shape index (κ1) is 17.8. The number of aliphatic imine (C=N–C) groups is 1. The van der Waals surface area contributed by atoms with Gasteiger partial charge in [0.25, 0.3) is 0 Å². The Kier molecular flexibility index (Phi) is 6.23. The molecule has 2 N–H and O–H groups in total. The standard InChI is InChI=1S/C18H23FN4O/c1-3-18(21-10-13-6-4-5-7-16(13)19)15(17(20)12-24)11-22-23(2)14-8-9-14/h4-7,11-12,14H,3,8-10,20H2,1-2H3/b17-15-,21-18?,22-11-. The molecule has 24 heavy (non-hydrogen) atoms. The van der Waals surface area contributed by atoms with Gasteiger partial charge in [0, 0.05) is 29.9 Å². The molecule has 128 valence electrons. The molecule has 1 aromatic rings. The summed E-state index contributed by atoms with van der Waals surface area (Å²) in [7, 11) is 1.89. The van der Waals surface area contributed by atoms with E-state index in [9.17, 15) is 9.18 Å². The average Bonchev–Trinajstić information content (AvgIpc) is 3.43. The molecule has 0 bridgehead atoms. The zero-order valence-corrected chi connectivity index (χ0v) is 14.1. The molecule has 0 amide bonds. The van der Waals surface area contributed by atoms with E-state index in [1.807, 2.05) is 19.0 Å². The SMILES string of the molecule is CCC(=NCc1ccccc1F)C(/C=N\N(C)C1CC1)=C(\N)C=O. The van der Waals surface area contributed by atoms with Crippen molar-refractivity contribution in [1.29, 1.82) is 0 Å². The predicted molar refractivity (Wildman–Crippen MR) is 94.4 cm³/mol. The van der Waals surface area contributed by atoms with Crippen molar-refractivity contribution in [1.82, 2.24) is 5.01 Å². The van der Waals surface area contributed by atoms with Crippen LogP contribution >= 0.6 is 0 Å². The summed E-state index contributed by atoms with van der Waals surface area (Å²) < 4.78 is 13.7. The van der Waals surface area contributed by atoms with E-state index in [1.165, 1.54) is 6.07 Å². The second kappa shape index (κ2) is 8.38. The fraction of sp³-hybridized carbons (Fsp3) is 0.389. The Morgan fingerprint density at radius 1 is 1.42 bits per heavy atom. The highest BCUT2D eigenvalue weighted by Gasteiger charge is 2.25. The van der Waals surface area contributed by atoms with Crippen LogP contribution in [0.3, 0.4) is 0 Å². The number of hydrazone groups is 1. The number of hydrogen-bond acceptors (Lipinski definition) is 5. The van der Waals surface area contributed by atoms with Crippen LogP contribution < -0.4 is 5.73 Å². The van der Waals surface area contributed by atoms with Gasteiger partial charge in [-0.05, 0) is 25.3 Å². The molecule has 1 aromatic carbocycles. The molecule has 5 nitrogen and oxygen atoms in total. The van der Waals surface area contributed by atoms with Crippen molar-refractivity contribution in [2.45, 2.75) is 38.8 Å². The minimum atomic E-state index is -0.298. The van der Waals surface area contributed by atoms with E-state index >= 15 is 0 Å². The summed E-state index contributed by atoms with van der Waals surface area (Å²) in [6, 6.07) is 6.95. The lowest BCUT2D eigenvalue weighted by atomic mass is 10.1. The first-order valence-electron chi connectivity index (χ1n) is 8.05. The number of allylic oxidation sites excluding steroid dienone is 2. The summed E-state index contributed by atoms with van der Waals surface area (Å²) in [5.41, 5.74) is 7.53. The topological polar surface area (TPSA) is 71.1 Å². The smallest absolute Gasteiger partial charge is 0.166 e. The number of rotatable bonds is 8. The van der Waals surface area contributed by atoms with Crippen molar-refractivity contribution >= 4 is 18.2 Å². The van der Waals surface area contributed by atoms with Crippen molar-refractivity contribution < 1.29 is 9.18 Å². The summed E-state index contributed by atoms with van der Waals surface area (Å²) in [6.07, 6.45) is 4.98. The highest BCUT2D eigenvalue weighted by atomic mass is 19.1. The van der Waals surface area contributed by atoms with Crippen molar-refractivity contribution in [3.05, 3.63) is 46.9 Å². The molecule has 2 rings (SSSR count). The van der Waals surface area contributed by atoms with E-state index in [4.69, 9.17) is 5.73 Å². The molecule has 0 unspecified atom stereocenters. The summed E-state index contributed by atoms with van der Waals surface area (Å²) in [5.74, 6) is -0.298. The van der Waals surface area contributed by atoms with Gasteiger partial charge < -0.3 is 5.73 Å². The Hall–Kier alpha value is -2.50. The Labute approximate surface area is 141 Å². The molecule has 0 aromatic heterocycles. The Balaban J connectivity index is 2.23. The molecule has 1 fully saturated rings. The van der Waals surface area contributed by atoms with Crippen LogP contribution in [0.15, 0.2) is 45.6 Å². The maximum absolute atomic E-state index is 13.7. The highest BCUT2D eigenvalue weighted by molar-refractivity contribution is 6.18. The van der Waals surface area contributed by atoms with Crippen LogP contribution in [0.1, 0.15) is 31.7 Å². The number of carbonyl (C=O) groups is 1. The van der Waals surface area contributed by atoms with Crippen molar-refractivity contribution in [3.8, 4) is 0 Å². The molecule has 0 radical (unpaired) electrons. The number of hydrogen-bond donors (Lipinski definition) is 1. The number of nitrogens with two attached hydrogens (primary N) is 1. The fourth-order valence-corrected chi connectivity index (χ4v) is 2.27. The van der Waals surface area contributed by atoms with Gasteiger partial charge in [0.05, 0.1) is 18.5 Å². The van der Waals surface area contributed by atoms with E-state index < -0.39 is 0 Å². The lowest BCUT2D eigenvalue weighted by Crippen LogP contribution is -2.17. The minimum Gasteiger partial charge on any atom is -0.395 e. The van der Waals surface area contributed by atoms with Crippen LogP contribution in [0.5, 0.6) is 0 Å². The van der Waals surface area contributed by atoms with Gasteiger partial charge in [-0.2, -0.15) is 5.10 Å². The minimum absolute atomic E-state index is 0.0806. The van der Waals surface area contributed by atoms with E-state index in [1.54, 1.807) is 24.4 Å². The molecule has 1 aliphatic rings. The van der Waals surface area contributed by atoms with E-state index in [2.05, 4.69) is 10.1 Å². The van der Waals surface area contributed by atoms with E-state index in [0.717, 1.165) is 12.8 Å².